The van der Waals surface area contributed by atoms with Crippen molar-refractivity contribution in [1.29, 1.82) is 0 Å². The number of nitrogens with one attached hydrogen (secondary N) is 3. The molecular formula is C20H30Li2N3O7P. The van der Waals surface area contributed by atoms with Crippen LogP contribution in [0.15, 0.2) is 30.3 Å². The number of amides is 2. The molecule has 1 aromatic rings. The Kier molecular flexibility index (Phi) is 17.7. The summed E-state index contributed by atoms with van der Waals surface area (Å²) in [5.74, 6) is -2.22. The Bertz CT molecular complexity index is 784. The van der Waals surface area contributed by atoms with Crippen LogP contribution in [0.1, 0.15) is 45.6 Å². The van der Waals surface area contributed by atoms with E-state index < -0.39 is 43.9 Å². The van der Waals surface area contributed by atoms with Crippen LogP contribution in [0.25, 0.3) is 0 Å². The Morgan fingerprint density at radius 1 is 1.09 bits per heavy atom. The fraction of sp³-hybridized carbons (Fsp3) is 0.550. The van der Waals surface area contributed by atoms with E-state index in [0.717, 1.165) is 5.56 Å². The summed E-state index contributed by atoms with van der Waals surface area (Å²) < 4.78 is 17.3. The maximum absolute atomic E-state index is 12.5. The van der Waals surface area contributed by atoms with Gasteiger partial charge in [-0.3, -0.25) is 9.88 Å². The first-order valence-corrected chi connectivity index (χ1v) is 11.9. The predicted octanol–water partition coefficient (Wildman–Crippen LogP) is -5.53. The van der Waals surface area contributed by atoms with Gasteiger partial charge in [0.1, 0.15) is 6.61 Å². The van der Waals surface area contributed by atoms with Gasteiger partial charge in [-0.05, 0) is 24.3 Å². The Balaban J connectivity index is 0. The average molecular weight is 469 g/mol. The molecule has 10 nitrogen and oxygen atoms in total. The van der Waals surface area contributed by atoms with E-state index in [1.165, 1.54) is 0 Å². The van der Waals surface area contributed by atoms with E-state index in [1.807, 2.05) is 6.07 Å². The Labute approximate surface area is 218 Å². The average Bonchev–Trinajstić information content (AvgIpc) is 2.70. The summed E-state index contributed by atoms with van der Waals surface area (Å²) >= 11 is 0. The minimum Gasteiger partial charge on any atom is -0.787 e. The molecule has 2 amide bonds. The minimum absolute atomic E-state index is 0. The summed E-state index contributed by atoms with van der Waals surface area (Å²) in [5.41, 5.74) is 0.740. The van der Waals surface area contributed by atoms with Crippen LogP contribution < -0.4 is 63.4 Å². The Hall–Kier alpha value is -1.23. The molecule has 0 aliphatic heterocycles. The van der Waals surface area contributed by atoms with Gasteiger partial charge in [0.05, 0.1) is 31.9 Å². The summed E-state index contributed by atoms with van der Waals surface area (Å²) in [4.78, 5) is 47.8. The van der Waals surface area contributed by atoms with Crippen LogP contribution >= 0.6 is 7.52 Å². The molecule has 0 aliphatic carbocycles. The van der Waals surface area contributed by atoms with Crippen molar-refractivity contribution < 1.29 is 71.4 Å². The number of carboxylic acids is 1. The molecule has 0 heterocycles. The van der Waals surface area contributed by atoms with Crippen LogP contribution in [0.5, 0.6) is 0 Å². The molecule has 0 saturated carbocycles. The van der Waals surface area contributed by atoms with E-state index in [-0.39, 0.29) is 63.1 Å². The predicted molar refractivity (Wildman–Crippen MR) is 110 cm³/mol. The van der Waals surface area contributed by atoms with Gasteiger partial charge >= 0.3 is 43.8 Å². The van der Waals surface area contributed by atoms with Gasteiger partial charge in [-0.1, -0.05) is 57.5 Å². The Morgan fingerprint density at radius 3 is 2.21 bits per heavy atom. The quantitative estimate of drug-likeness (QED) is 0.191. The molecule has 3 atom stereocenters. The van der Waals surface area contributed by atoms with Gasteiger partial charge in [0.2, 0.25) is 5.91 Å². The molecule has 0 fully saturated rings. The normalized spacial score (nSPS) is 14.0. The zero-order chi connectivity index (χ0) is 23.4. The van der Waals surface area contributed by atoms with Crippen LogP contribution in [0.4, 0.5) is 4.79 Å². The second-order valence-corrected chi connectivity index (χ2v) is 9.47. The first kappa shape index (κ1) is 33.9. The standard InChI is InChI=1S/C20H32N3O7P.2Li/c1-4-8-16(18(24)22-17(19(25)26)11-14(2)3)23-31(28,29)13-21-20(27)30-12-15-9-6-5-7-10-15;;/h5-7,9-10,14,16-17H,4,8,11-13H2,1-3H3,(H,21,27)(H,22,24)(H,25,26)(H2,23,28,29);;/q;2*+1/p-2/t16-,17-;;/m0../s1. The third-order valence-corrected chi connectivity index (χ3v) is 5.48. The van der Waals surface area contributed by atoms with Gasteiger partial charge in [-0.15, -0.1) is 0 Å². The smallest absolute Gasteiger partial charge is 0.787 e. The number of carbonyl (C=O) groups is 3. The number of hydrogen-bond donors (Lipinski definition) is 3. The van der Waals surface area contributed by atoms with Gasteiger partial charge < -0.3 is 34.7 Å². The van der Waals surface area contributed by atoms with Crippen molar-refractivity contribution in [3.63, 3.8) is 0 Å². The van der Waals surface area contributed by atoms with Crippen LogP contribution in [-0.4, -0.2) is 36.3 Å². The van der Waals surface area contributed by atoms with Crippen molar-refractivity contribution in [1.82, 2.24) is 15.7 Å². The molecule has 1 aromatic carbocycles. The number of rotatable bonds is 13. The molecule has 33 heavy (non-hydrogen) atoms. The van der Waals surface area contributed by atoms with Gasteiger partial charge in [-0.2, -0.15) is 0 Å². The number of aliphatic carboxylic acids is 1. The van der Waals surface area contributed by atoms with E-state index >= 15 is 0 Å². The van der Waals surface area contributed by atoms with E-state index in [9.17, 15) is 28.9 Å². The molecule has 0 saturated heterocycles. The maximum Gasteiger partial charge on any atom is 1.00 e. The number of carbonyl (C=O) groups excluding carboxylic acids is 3. The van der Waals surface area contributed by atoms with E-state index in [0.29, 0.717) is 6.42 Å². The molecule has 13 heteroatoms. The maximum atomic E-state index is 12.5. The van der Waals surface area contributed by atoms with Crippen molar-refractivity contribution in [2.24, 2.45) is 5.92 Å². The van der Waals surface area contributed by atoms with Crippen molar-refractivity contribution in [2.45, 2.75) is 58.7 Å². The fourth-order valence-electron chi connectivity index (χ4n) is 2.73. The summed E-state index contributed by atoms with van der Waals surface area (Å²) in [7, 11) is -4.41. The largest absolute Gasteiger partial charge is 1.00 e. The minimum atomic E-state index is -4.41. The molecular weight excluding hydrogens is 439 g/mol. The second kappa shape index (κ2) is 17.2. The topological polar surface area (TPSA) is 160 Å². The SMILES string of the molecule is CCC[C@H](NP(=O)([O-])CNC(=O)OCc1ccccc1)C(=O)N[C@@H](CC(C)C)C(=O)[O-].[Li+].[Li+]. The number of hydrogen-bond acceptors (Lipinski definition) is 7. The van der Waals surface area contributed by atoms with Crippen LogP contribution in [0, 0.1) is 5.92 Å². The van der Waals surface area contributed by atoms with Crippen molar-refractivity contribution >= 4 is 25.5 Å². The van der Waals surface area contributed by atoms with Gasteiger partial charge in [-0.25, -0.2) is 4.79 Å². The number of ether oxygens (including phenoxy) is 1. The molecule has 0 aliphatic rings. The van der Waals surface area contributed by atoms with Crippen LogP contribution in [-0.2, 0) is 25.5 Å². The van der Waals surface area contributed by atoms with Gasteiger partial charge in [0, 0.05) is 0 Å². The molecule has 0 aromatic heterocycles. The Morgan fingerprint density at radius 2 is 1.70 bits per heavy atom. The van der Waals surface area contributed by atoms with E-state index in [4.69, 9.17) is 4.74 Å². The molecule has 174 valence electrons. The zero-order valence-corrected chi connectivity index (χ0v) is 20.9. The van der Waals surface area contributed by atoms with E-state index in [1.54, 1.807) is 45.0 Å². The molecule has 0 radical (unpaired) electrons. The van der Waals surface area contributed by atoms with Gasteiger partial charge in [0.15, 0.2) is 0 Å². The monoisotopic (exact) mass is 469 g/mol. The number of carboxylic acid groups (broad SMARTS) is 1. The molecule has 0 bridgehead atoms. The first-order chi connectivity index (χ1) is 14.5. The number of benzene rings is 1. The molecule has 0 spiro atoms. The van der Waals surface area contributed by atoms with E-state index in [2.05, 4.69) is 15.7 Å². The second-order valence-electron chi connectivity index (χ2n) is 7.55. The summed E-state index contributed by atoms with van der Waals surface area (Å²) in [5, 5.41) is 17.9. The van der Waals surface area contributed by atoms with Crippen molar-refractivity contribution in [2.75, 3.05) is 6.29 Å². The summed E-state index contributed by atoms with van der Waals surface area (Å²) in [6.07, 6.45) is -0.927. The molecule has 3 N–H and O–H groups in total. The molecule has 1 rings (SSSR count). The van der Waals surface area contributed by atoms with Crippen molar-refractivity contribution in [3.8, 4) is 0 Å². The summed E-state index contributed by atoms with van der Waals surface area (Å²) in [6.45, 7) is 5.31. The van der Waals surface area contributed by atoms with Gasteiger partial charge in [0.25, 0.3) is 0 Å². The molecule has 1 unspecified atom stereocenters. The first-order valence-electron chi connectivity index (χ1n) is 10.1. The van der Waals surface area contributed by atoms with Crippen LogP contribution in [0.3, 0.4) is 0 Å². The fourth-order valence-corrected chi connectivity index (χ4v) is 3.88. The third-order valence-electron chi connectivity index (χ3n) is 4.20. The third kappa shape index (κ3) is 14.6. The van der Waals surface area contributed by atoms with Crippen molar-refractivity contribution in [3.05, 3.63) is 35.9 Å². The number of alkyl carbamates (subject to hydrolysis) is 1. The zero-order valence-electron chi connectivity index (χ0n) is 20.0. The summed E-state index contributed by atoms with van der Waals surface area (Å²) in [6, 6.07) is 6.45. The van der Waals surface area contributed by atoms with Crippen LogP contribution in [0.2, 0.25) is 0 Å².